The molecule has 0 saturated heterocycles. The van der Waals surface area contributed by atoms with Crippen LogP contribution in [0.2, 0.25) is 0 Å². The van der Waals surface area contributed by atoms with Crippen LogP contribution in [-0.2, 0) is 9.59 Å². The number of nitrogens with zero attached hydrogens (tertiary/aromatic N) is 1. The van der Waals surface area contributed by atoms with Crippen molar-refractivity contribution in [1.82, 2.24) is 4.90 Å². The second-order valence-corrected chi connectivity index (χ2v) is 3.98. The molecule has 1 atom stereocenters. The number of carbonyl (C=O) groups is 2. The molecular formula is C10H14ClNO2. The van der Waals surface area contributed by atoms with Crippen LogP contribution in [0.1, 0.15) is 26.2 Å². The Hall–Kier alpha value is -0.830. The summed E-state index contributed by atoms with van der Waals surface area (Å²) in [6.07, 6.45) is 5.51. The van der Waals surface area contributed by atoms with Crippen LogP contribution in [0.4, 0.5) is 0 Å². The molecule has 0 bridgehead atoms. The lowest BCUT2D eigenvalue weighted by Crippen LogP contribution is -2.35. The Morgan fingerprint density at radius 3 is 2.43 bits per heavy atom. The SMILES string of the molecule is CCCCC(Cl)CN1C(=O)C=CC1=O. The minimum atomic E-state index is -0.253. The molecule has 1 aliphatic heterocycles. The Morgan fingerprint density at radius 2 is 1.93 bits per heavy atom. The summed E-state index contributed by atoms with van der Waals surface area (Å²) in [4.78, 5) is 23.5. The monoisotopic (exact) mass is 215 g/mol. The van der Waals surface area contributed by atoms with Crippen LogP contribution in [0, 0.1) is 0 Å². The van der Waals surface area contributed by atoms with Gasteiger partial charge < -0.3 is 0 Å². The van der Waals surface area contributed by atoms with Crippen molar-refractivity contribution in [2.45, 2.75) is 31.6 Å². The Morgan fingerprint density at radius 1 is 1.36 bits per heavy atom. The second kappa shape index (κ2) is 5.15. The standard InChI is InChI=1S/C10H14ClNO2/c1-2-3-4-8(11)7-12-9(13)5-6-10(12)14/h5-6,8H,2-4,7H2,1H3. The number of halogens is 1. The van der Waals surface area contributed by atoms with Gasteiger partial charge in [0.05, 0.1) is 5.38 Å². The molecule has 0 fully saturated rings. The number of imide groups is 1. The van der Waals surface area contributed by atoms with Gasteiger partial charge in [-0.2, -0.15) is 0 Å². The number of carbonyl (C=O) groups excluding carboxylic acids is 2. The van der Waals surface area contributed by atoms with E-state index in [1.807, 2.05) is 0 Å². The van der Waals surface area contributed by atoms with Crippen molar-refractivity contribution < 1.29 is 9.59 Å². The summed E-state index contributed by atoms with van der Waals surface area (Å²) in [7, 11) is 0. The van der Waals surface area contributed by atoms with E-state index in [0.29, 0.717) is 6.54 Å². The van der Waals surface area contributed by atoms with Gasteiger partial charge in [0, 0.05) is 18.7 Å². The number of unbranched alkanes of at least 4 members (excludes halogenated alkanes) is 1. The first kappa shape index (κ1) is 11.2. The quantitative estimate of drug-likeness (QED) is 0.517. The van der Waals surface area contributed by atoms with Gasteiger partial charge >= 0.3 is 0 Å². The Balaban J connectivity index is 2.37. The van der Waals surface area contributed by atoms with Crippen LogP contribution in [0.25, 0.3) is 0 Å². The van der Waals surface area contributed by atoms with E-state index < -0.39 is 0 Å². The average Bonchev–Trinajstić information content (AvgIpc) is 2.46. The molecule has 0 aromatic rings. The van der Waals surface area contributed by atoms with Gasteiger partial charge in [0.15, 0.2) is 0 Å². The number of hydrogen-bond acceptors (Lipinski definition) is 2. The third-order valence-electron chi connectivity index (χ3n) is 2.15. The molecule has 0 radical (unpaired) electrons. The lowest BCUT2D eigenvalue weighted by Gasteiger charge is -2.17. The molecule has 3 nitrogen and oxygen atoms in total. The zero-order valence-electron chi connectivity index (χ0n) is 8.20. The van der Waals surface area contributed by atoms with Crippen LogP contribution in [0.5, 0.6) is 0 Å². The maximum atomic E-state index is 11.2. The fourth-order valence-electron chi connectivity index (χ4n) is 1.33. The van der Waals surface area contributed by atoms with E-state index in [1.54, 1.807) is 0 Å². The summed E-state index contributed by atoms with van der Waals surface area (Å²) in [5.41, 5.74) is 0. The van der Waals surface area contributed by atoms with Crippen LogP contribution < -0.4 is 0 Å². The van der Waals surface area contributed by atoms with Crippen molar-refractivity contribution in [1.29, 1.82) is 0 Å². The first-order chi connectivity index (χ1) is 6.65. The van der Waals surface area contributed by atoms with Gasteiger partial charge in [-0.15, -0.1) is 11.6 Å². The van der Waals surface area contributed by atoms with Crippen molar-refractivity contribution >= 4 is 23.4 Å². The molecule has 14 heavy (non-hydrogen) atoms. The molecule has 4 heteroatoms. The molecule has 0 aromatic heterocycles. The smallest absolute Gasteiger partial charge is 0.253 e. The number of hydrogen-bond donors (Lipinski definition) is 0. The molecule has 0 N–H and O–H groups in total. The molecule has 1 heterocycles. The highest BCUT2D eigenvalue weighted by Gasteiger charge is 2.25. The largest absolute Gasteiger partial charge is 0.274 e. The van der Waals surface area contributed by atoms with E-state index in [9.17, 15) is 9.59 Å². The molecule has 78 valence electrons. The van der Waals surface area contributed by atoms with Gasteiger partial charge in [0.1, 0.15) is 0 Å². The molecule has 0 spiro atoms. The Bertz CT molecular complexity index is 245. The predicted octanol–water partition coefficient (Wildman–Crippen LogP) is 1.71. The van der Waals surface area contributed by atoms with E-state index in [1.165, 1.54) is 17.1 Å². The van der Waals surface area contributed by atoms with Crippen LogP contribution in [-0.4, -0.2) is 28.6 Å². The summed E-state index contributed by atoms with van der Waals surface area (Å²) in [6.45, 7) is 2.41. The van der Waals surface area contributed by atoms with Gasteiger partial charge in [-0.3, -0.25) is 14.5 Å². The normalized spacial score (nSPS) is 18.0. The maximum absolute atomic E-state index is 11.2. The van der Waals surface area contributed by atoms with Gasteiger partial charge in [0.2, 0.25) is 0 Å². The summed E-state index contributed by atoms with van der Waals surface area (Å²) in [5, 5.41) is -0.122. The van der Waals surface area contributed by atoms with E-state index in [2.05, 4.69) is 6.92 Å². The van der Waals surface area contributed by atoms with Crippen molar-refractivity contribution in [3.63, 3.8) is 0 Å². The highest BCUT2D eigenvalue weighted by molar-refractivity contribution is 6.21. The molecule has 1 rings (SSSR count). The minimum Gasteiger partial charge on any atom is -0.274 e. The molecular weight excluding hydrogens is 202 g/mol. The lowest BCUT2D eigenvalue weighted by molar-refractivity contribution is -0.136. The Labute approximate surface area is 88.7 Å². The molecule has 0 aromatic carbocycles. The number of alkyl halides is 1. The van der Waals surface area contributed by atoms with Gasteiger partial charge in [-0.1, -0.05) is 19.8 Å². The topological polar surface area (TPSA) is 37.4 Å². The molecule has 1 unspecified atom stereocenters. The van der Waals surface area contributed by atoms with Gasteiger partial charge in [0.25, 0.3) is 11.8 Å². The van der Waals surface area contributed by atoms with Crippen LogP contribution in [0.15, 0.2) is 12.2 Å². The van der Waals surface area contributed by atoms with Crippen molar-refractivity contribution in [3.8, 4) is 0 Å². The van der Waals surface area contributed by atoms with Crippen molar-refractivity contribution in [3.05, 3.63) is 12.2 Å². The summed E-state index contributed by atoms with van der Waals surface area (Å²) < 4.78 is 0. The zero-order chi connectivity index (χ0) is 10.6. The van der Waals surface area contributed by atoms with Crippen LogP contribution >= 0.6 is 11.6 Å². The van der Waals surface area contributed by atoms with E-state index in [4.69, 9.17) is 11.6 Å². The first-order valence-electron chi connectivity index (χ1n) is 4.82. The lowest BCUT2D eigenvalue weighted by atomic mass is 10.2. The fraction of sp³-hybridized carbons (Fsp3) is 0.600. The second-order valence-electron chi connectivity index (χ2n) is 3.36. The summed E-state index contributed by atoms with van der Waals surface area (Å²) in [5.74, 6) is -0.505. The minimum absolute atomic E-state index is 0.122. The highest BCUT2D eigenvalue weighted by atomic mass is 35.5. The van der Waals surface area contributed by atoms with Crippen molar-refractivity contribution in [2.75, 3.05) is 6.54 Å². The molecule has 0 aliphatic carbocycles. The first-order valence-corrected chi connectivity index (χ1v) is 5.26. The fourth-order valence-corrected chi connectivity index (χ4v) is 1.62. The third-order valence-corrected chi connectivity index (χ3v) is 2.51. The van der Waals surface area contributed by atoms with E-state index in [0.717, 1.165) is 19.3 Å². The highest BCUT2D eigenvalue weighted by Crippen LogP contribution is 2.12. The van der Waals surface area contributed by atoms with E-state index in [-0.39, 0.29) is 17.2 Å². The van der Waals surface area contributed by atoms with E-state index >= 15 is 0 Å². The maximum Gasteiger partial charge on any atom is 0.253 e. The summed E-state index contributed by atoms with van der Waals surface area (Å²) >= 11 is 6.00. The van der Waals surface area contributed by atoms with Gasteiger partial charge in [-0.25, -0.2) is 0 Å². The Kier molecular flexibility index (Phi) is 4.14. The zero-order valence-corrected chi connectivity index (χ0v) is 8.96. The van der Waals surface area contributed by atoms with Crippen LogP contribution in [0.3, 0.4) is 0 Å². The average molecular weight is 216 g/mol. The molecule has 0 saturated carbocycles. The van der Waals surface area contributed by atoms with Crippen molar-refractivity contribution in [2.24, 2.45) is 0 Å². The molecule has 1 aliphatic rings. The summed E-state index contributed by atoms with van der Waals surface area (Å²) in [6, 6.07) is 0. The predicted molar refractivity (Wildman–Crippen MR) is 55.0 cm³/mol. The van der Waals surface area contributed by atoms with Gasteiger partial charge in [-0.05, 0) is 6.42 Å². The number of rotatable bonds is 5. The third kappa shape index (κ3) is 2.84. The number of amides is 2. The molecule has 2 amide bonds.